The molecule has 0 unspecified atom stereocenters. The van der Waals surface area contributed by atoms with Crippen molar-refractivity contribution < 1.29 is 0 Å². The molecular formula is C79H44N2. The third-order valence-electron chi connectivity index (χ3n) is 19.4. The molecule has 0 atom stereocenters. The van der Waals surface area contributed by atoms with E-state index in [-0.39, 0.29) is 0 Å². The van der Waals surface area contributed by atoms with E-state index in [9.17, 15) is 0 Å². The summed E-state index contributed by atoms with van der Waals surface area (Å²) in [5.41, 5.74) is 25.1. The number of rotatable bonds is 3. The van der Waals surface area contributed by atoms with Gasteiger partial charge in [-0.2, -0.15) is 0 Å². The van der Waals surface area contributed by atoms with Crippen LogP contribution in [-0.2, 0) is 5.41 Å². The van der Waals surface area contributed by atoms with Crippen molar-refractivity contribution in [3.8, 4) is 55.6 Å². The van der Waals surface area contributed by atoms with Crippen LogP contribution in [0.5, 0.6) is 0 Å². The Morgan fingerprint density at radius 2 is 0.617 bits per heavy atom. The molecule has 18 aromatic rings. The quantitative estimate of drug-likeness (QED) is 0.156. The first-order chi connectivity index (χ1) is 40.3. The molecule has 0 saturated heterocycles. The van der Waals surface area contributed by atoms with Crippen LogP contribution in [0, 0.1) is 0 Å². The van der Waals surface area contributed by atoms with Gasteiger partial charge in [-0.3, -0.25) is 0 Å². The molecule has 20 rings (SSSR count). The third kappa shape index (κ3) is 5.00. The van der Waals surface area contributed by atoms with E-state index >= 15 is 0 Å². The maximum Gasteiger partial charge on any atom is 0.0725 e. The average Bonchev–Trinajstić information content (AvgIpc) is 2.29. The molecule has 2 aliphatic carbocycles. The summed E-state index contributed by atoms with van der Waals surface area (Å²) in [5.74, 6) is 0. The predicted molar refractivity (Wildman–Crippen MR) is 341 cm³/mol. The first-order valence-electron chi connectivity index (χ1n) is 28.4. The fourth-order valence-corrected chi connectivity index (χ4v) is 16.5. The number of hydrogen-bond acceptors (Lipinski definition) is 0. The first kappa shape index (κ1) is 42.5. The van der Waals surface area contributed by atoms with Crippen LogP contribution in [0.15, 0.2) is 267 Å². The average molecular weight is 1020 g/mol. The number of para-hydroxylation sites is 4. The molecule has 0 bridgehead atoms. The Morgan fingerprint density at radius 3 is 1.19 bits per heavy atom. The summed E-state index contributed by atoms with van der Waals surface area (Å²) < 4.78 is 5.03. The Kier molecular flexibility index (Phi) is 7.85. The van der Waals surface area contributed by atoms with E-state index in [4.69, 9.17) is 0 Å². The number of benzene rings is 14. The highest BCUT2D eigenvalue weighted by Crippen LogP contribution is 2.66. The zero-order valence-corrected chi connectivity index (χ0v) is 43.8. The fourth-order valence-electron chi connectivity index (χ4n) is 16.5. The number of nitrogens with zero attached hydrogens (tertiary/aromatic N) is 2. The van der Waals surface area contributed by atoms with Crippen LogP contribution in [0.2, 0.25) is 0 Å². The minimum absolute atomic E-state index is 0.522. The summed E-state index contributed by atoms with van der Waals surface area (Å²) >= 11 is 0. The van der Waals surface area contributed by atoms with Crippen LogP contribution in [0.3, 0.4) is 0 Å². The molecule has 0 saturated carbocycles. The Bertz CT molecular complexity index is 5560. The Morgan fingerprint density at radius 1 is 0.210 bits per heavy atom. The maximum atomic E-state index is 2.57. The van der Waals surface area contributed by atoms with Crippen LogP contribution >= 0.6 is 0 Å². The standard InChI is InChI=1S/C79H44N2/c1-2-19-46-45(18-1)38-43-67-75(46)76-61(30-17-33-66(76)79(67)64-31-9-3-20-49(64)50-21-4-10-32-65(50)79)72-53-28-15-26-47(55-39-41-57-51-22-5-11-34-68(51)80-70-36-13-7-24-59(70)73(55)77(57)80)62(53)44-63-48(27-16-29-54(63)72)56-40-42-58-52-23-6-12-35-69(52)81-71-37-14-8-25-60(71)74(56)78(58)81/h1-44H. The molecule has 0 amide bonds. The Balaban J connectivity index is 0.969. The summed E-state index contributed by atoms with van der Waals surface area (Å²) in [6.45, 7) is 0. The van der Waals surface area contributed by atoms with Crippen LogP contribution < -0.4 is 0 Å². The topological polar surface area (TPSA) is 8.82 Å². The maximum absolute atomic E-state index is 2.57. The fraction of sp³-hybridized carbons (Fsp3) is 0.0127. The summed E-state index contributed by atoms with van der Waals surface area (Å²) in [4.78, 5) is 0. The molecule has 14 aromatic carbocycles. The van der Waals surface area contributed by atoms with Gasteiger partial charge in [0.15, 0.2) is 0 Å². The second-order valence-electron chi connectivity index (χ2n) is 22.8. The van der Waals surface area contributed by atoms with Crippen LogP contribution in [-0.4, -0.2) is 8.80 Å². The van der Waals surface area contributed by atoms with Gasteiger partial charge in [0.1, 0.15) is 0 Å². The molecule has 1 spiro atoms. The molecule has 0 aliphatic heterocycles. The molecule has 2 nitrogen and oxygen atoms in total. The Labute approximate surface area is 464 Å². The SMILES string of the molecule is c1ccc2c(c1)-c1ccccc1C21c2cccc(-c3c4cccc(-c5ccc6c7ccccc7n7c8ccccc8c5c67)c4cc4c(-c5ccc6c7ccccc7n7c8ccccc8c5c67)cccc34)c2-c2c1ccc1ccccc21. The lowest BCUT2D eigenvalue weighted by Gasteiger charge is -2.30. The van der Waals surface area contributed by atoms with Gasteiger partial charge in [-0.25, -0.2) is 0 Å². The molecule has 0 N–H and O–H groups in total. The number of hydrogen-bond donors (Lipinski definition) is 0. The van der Waals surface area contributed by atoms with Crippen molar-refractivity contribution in [1.29, 1.82) is 0 Å². The molecule has 370 valence electrons. The molecule has 81 heavy (non-hydrogen) atoms. The second-order valence-corrected chi connectivity index (χ2v) is 22.8. The first-order valence-corrected chi connectivity index (χ1v) is 28.4. The molecule has 4 heterocycles. The minimum Gasteiger partial charge on any atom is -0.308 e. The van der Waals surface area contributed by atoms with E-state index in [0.717, 1.165) is 0 Å². The van der Waals surface area contributed by atoms with Crippen molar-refractivity contribution in [3.05, 3.63) is 289 Å². The molecule has 0 fully saturated rings. The lowest BCUT2D eigenvalue weighted by atomic mass is 9.70. The van der Waals surface area contributed by atoms with Crippen molar-refractivity contribution in [3.63, 3.8) is 0 Å². The lowest BCUT2D eigenvalue weighted by molar-refractivity contribution is 0.794. The summed E-state index contributed by atoms with van der Waals surface area (Å²) in [7, 11) is 0. The largest absolute Gasteiger partial charge is 0.308 e. The van der Waals surface area contributed by atoms with Crippen LogP contribution in [0.25, 0.3) is 164 Å². The normalized spacial score (nSPS) is 13.5. The highest BCUT2D eigenvalue weighted by atomic mass is 14.9. The molecule has 0 radical (unpaired) electrons. The Hall–Kier alpha value is -10.5. The van der Waals surface area contributed by atoms with E-state index in [1.54, 1.807) is 0 Å². The van der Waals surface area contributed by atoms with Gasteiger partial charge in [-0.05, 0) is 141 Å². The molecule has 4 aromatic heterocycles. The highest BCUT2D eigenvalue weighted by molar-refractivity contribution is 6.32. The van der Waals surface area contributed by atoms with Crippen molar-refractivity contribution in [2.24, 2.45) is 0 Å². The van der Waals surface area contributed by atoms with Gasteiger partial charge in [0.25, 0.3) is 0 Å². The highest BCUT2D eigenvalue weighted by Gasteiger charge is 2.52. The van der Waals surface area contributed by atoms with Crippen LogP contribution in [0.4, 0.5) is 0 Å². The van der Waals surface area contributed by atoms with Crippen LogP contribution in [0.1, 0.15) is 22.3 Å². The van der Waals surface area contributed by atoms with E-state index in [1.165, 1.54) is 186 Å². The van der Waals surface area contributed by atoms with Gasteiger partial charge in [-0.15, -0.1) is 0 Å². The zero-order valence-electron chi connectivity index (χ0n) is 43.8. The van der Waals surface area contributed by atoms with Crippen molar-refractivity contribution in [2.45, 2.75) is 5.41 Å². The smallest absolute Gasteiger partial charge is 0.0725 e. The summed E-state index contributed by atoms with van der Waals surface area (Å²) in [6, 6.07) is 102. The summed E-state index contributed by atoms with van der Waals surface area (Å²) in [6.07, 6.45) is 0. The van der Waals surface area contributed by atoms with Gasteiger partial charge in [0, 0.05) is 43.1 Å². The third-order valence-corrected chi connectivity index (χ3v) is 19.4. The van der Waals surface area contributed by atoms with Gasteiger partial charge in [-0.1, -0.05) is 237 Å². The molecule has 2 aliphatic rings. The van der Waals surface area contributed by atoms with Crippen molar-refractivity contribution in [2.75, 3.05) is 0 Å². The minimum atomic E-state index is -0.522. The number of aromatic nitrogens is 2. The predicted octanol–water partition coefficient (Wildman–Crippen LogP) is 20.8. The zero-order chi connectivity index (χ0) is 52.4. The lowest BCUT2D eigenvalue weighted by Crippen LogP contribution is -2.25. The monoisotopic (exact) mass is 1020 g/mol. The van der Waals surface area contributed by atoms with Gasteiger partial charge < -0.3 is 8.80 Å². The van der Waals surface area contributed by atoms with Crippen molar-refractivity contribution >= 4 is 109 Å². The van der Waals surface area contributed by atoms with Crippen molar-refractivity contribution in [1.82, 2.24) is 8.80 Å². The van der Waals surface area contributed by atoms with E-state index in [1.807, 2.05) is 0 Å². The van der Waals surface area contributed by atoms with E-state index in [2.05, 4.69) is 276 Å². The number of fused-ring (bicyclic) bond motifs is 26. The molecule has 2 heteroatoms. The van der Waals surface area contributed by atoms with Gasteiger partial charge >= 0.3 is 0 Å². The van der Waals surface area contributed by atoms with E-state index in [0.29, 0.717) is 0 Å². The van der Waals surface area contributed by atoms with E-state index < -0.39 is 5.41 Å². The second kappa shape index (κ2) is 15.0. The molecular weight excluding hydrogens is 977 g/mol. The van der Waals surface area contributed by atoms with Gasteiger partial charge in [0.2, 0.25) is 0 Å². The van der Waals surface area contributed by atoms with Gasteiger partial charge in [0.05, 0.1) is 38.5 Å². The summed E-state index contributed by atoms with van der Waals surface area (Å²) in [5, 5.41) is 17.8.